The summed E-state index contributed by atoms with van der Waals surface area (Å²) in [6.07, 6.45) is 7.04. The van der Waals surface area contributed by atoms with Gasteiger partial charge < -0.3 is 5.32 Å². The number of hydrogen-bond donors (Lipinski definition) is 1. The summed E-state index contributed by atoms with van der Waals surface area (Å²) < 4.78 is 1.80. The van der Waals surface area contributed by atoms with E-state index in [0.29, 0.717) is 5.95 Å². The van der Waals surface area contributed by atoms with Gasteiger partial charge >= 0.3 is 0 Å². The number of aromatic nitrogens is 4. The smallest absolute Gasteiger partial charge is 0.234 e. The Bertz CT molecular complexity index is 395. The van der Waals surface area contributed by atoms with Crippen LogP contribution >= 0.6 is 0 Å². The van der Waals surface area contributed by atoms with E-state index < -0.39 is 0 Å². The Hall–Kier alpha value is -1.75. The van der Waals surface area contributed by atoms with E-state index in [4.69, 9.17) is 0 Å². The highest BCUT2D eigenvalue weighted by molar-refractivity contribution is 5.12. The monoisotopic (exact) mass is 189 g/mol. The quantitative estimate of drug-likeness (QED) is 0.758. The maximum Gasteiger partial charge on any atom is 0.234 e. The number of rotatable bonds is 3. The van der Waals surface area contributed by atoms with E-state index in [1.165, 1.54) is 0 Å². The molecule has 72 valence electrons. The highest BCUT2D eigenvalue weighted by Crippen LogP contribution is 2.01. The molecule has 0 saturated carbocycles. The summed E-state index contributed by atoms with van der Waals surface area (Å²) in [5.41, 5.74) is 0.972. The van der Waals surface area contributed by atoms with Crippen LogP contribution in [0.15, 0.2) is 31.0 Å². The molecule has 2 aromatic heterocycles. The number of nitrogens with zero attached hydrogens (tertiary/aromatic N) is 4. The molecule has 0 aromatic carbocycles. The summed E-state index contributed by atoms with van der Waals surface area (Å²) in [7, 11) is 1.89. The Balaban J connectivity index is 2.25. The van der Waals surface area contributed by atoms with Crippen LogP contribution in [0.4, 0.5) is 0 Å². The lowest BCUT2D eigenvalue weighted by Gasteiger charge is -1.96. The first kappa shape index (κ1) is 8.83. The highest BCUT2D eigenvalue weighted by atomic mass is 15.2. The molecular weight excluding hydrogens is 178 g/mol. The van der Waals surface area contributed by atoms with Gasteiger partial charge in [0.1, 0.15) is 6.33 Å². The van der Waals surface area contributed by atoms with E-state index in [-0.39, 0.29) is 0 Å². The fraction of sp³-hybridized carbons (Fsp3) is 0.222. The van der Waals surface area contributed by atoms with Gasteiger partial charge in [0, 0.05) is 25.1 Å². The molecule has 0 bridgehead atoms. The summed E-state index contributed by atoms with van der Waals surface area (Å²) in [5, 5.41) is 3.03. The second-order valence-electron chi connectivity index (χ2n) is 2.85. The van der Waals surface area contributed by atoms with E-state index in [1.54, 1.807) is 29.4 Å². The van der Waals surface area contributed by atoms with Gasteiger partial charge in [0.25, 0.3) is 0 Å². The molecule has 0 fully saturated rings. The third kappa shape index (κ3) is 1.77. The molecule has 5 heteroatoms. The maximum atomic E-state index is 4.20. The van der Waals surface area contributed by atoms with Gasteiger partial charge in [-0.15, -0.1) is 0 Å². The van der Waals surface area contributed by atoms with Crippen molar-refractivity contribution >= 4 is 0 Å². The molecule has 0 atom stereocenters. The molecule has 14 heavy (non-hydrogen) atoms. The Morgan fingerprint density at radius 2 is 2.07 bits per heavy atom. The van der Waals surface area contributed by atoms with Gasteiger partial charge in [0.2, 0.25) is 5.95 Å². The van der Waals surface area contributed by atoms with Gasteiger partial charge in [-0.3, -0.25) is 4.57 Å². The third-order valence-electron chi connectivity index (χ3n) is 1.78. The summed E-state index contributed by atoms with van der Waals surface area (Å²) >= 11 is 0. The Kier molecular flexibility index (Phi) is 2.51. The first-order valence-electron chi connectivity index (χ1n) is 4.35. The normalized spacial score (nSPS) is 10.4. The summed E-state index contributed by atoms with van der Waals surface area (Å²) in [6.45, 7) is 0.750. The molecule has 2 aromatic rings. The molecule has 0 radical (unpaired) electrons. The van der Waals surface area contributed by atoms with Crippen molar-refractivity contribution in [2.45, 2.75) is 6.54 Å². The molecular formula is C9H11N5. The van der Waals surface area contributed by atoms with Crippen molar-refractivity contribution in [3.63, 3.8) is 0 Å². The predicted molar refractivity (Wildman–Crippen MR) is 51.9 cm³/mol. The van der Waals surface area contributed by atoms with Crippen molar-refractivity contribution < 1.29 is 0 Å². The van der Waals surface area contributed by atoms with Gasteiger partial charge in [-0.25, -0.2) is 15.0 Å². The van der Waals surface area contributed by atoms with Crippen molar-refractivity contribution in [2.24, 2.45) is 0 Å². The minimum atomic E-state index is 0.641. The zero-order valence-corrected chi connectivity index (χ0v) is 7.88. The molecule has 0 amide bonds. The number of hydrogen-bond acceptors (Lipinski definition) is 4. The van der Waals surface area contributed by atoms with Gasteiger partial charge in [0.15, 0.2) is 0 Å². The van der Waals surface area contributed by atoms with E-state index in [1.807, 2.05) is 13.2 Å². The zero-order valence-electron chi connectivity index (χ0n) is 7.88. The van der Waals surface area contributed by atoms with Gasteiger partial charge in [0.05, 0.1) is 5.69 Å². The molecule has 5 nitrogen and oxygen atoms in total. The third-order valence-corrected chi connectivity index (χ3v) is 1.78. The minimum absolute atomic E-state index is 0.641. The first-order valence-corrected chi connectivity index (χ1v) is 4.35. The maximum absolute atomic E-state index is 4.20. The van der Waals surface area contributed by atoms with Crippen LogP contribution in [0.3, 0.4) is 0 Å². The Morgan fingerprint density at radius 3 is 2.79 bits per heavy atom. The Labute approximate surface area is 81.8 Å². The number of nitrogens with one attached hydrogen (secondary N) is 1. The van der Waals surface area contributed by atoms with Gasteiger partial charge in [-0.1, -0.05) is 0 Å². The fourth-order valence-corrected chi connectivity index (χ4v) is 1.17. The van der Waals surface area contributed by atoms with E-state index in [2.05, 4.69) is 20.3 Å². The fourth-order valence-electron chi connectivity index (χ4n) is 1.17. The second kappa shape index (κ2) is 3.97. The molecule has 0 unspecified atom stereocenters. The van der Waals surface area contributed by atoms with Crippen LogP contribution in [-0.4, -0.2) is 26.6 Å². The zero-order chi connectivity index (χ0) is 9.80. The molecule has 1 N–H and O–H groups in total. The largest absolute Gasteiger partial charge is 0.314 e. The molecule has 2 rings (SSSR count). The highest BCUT2D eigenvalue weighted by Gasteiger charge is 2.00. The molecule has 0 aliphatic heterocycles. The van der Waals surface area contributed by atoms with Crippen LogP contribution < -0.4 is 5.32 Å². The lowest BCUT2D eigenvalue weighted by Crippen LogP contribution is -2.05. The predicted octanol–water partition coefficient (Wildman–Crippen LogP) is 0.382. The van der Waals surface area contributed by atoms with E-state index >= 15 is 0 Å². The van der Waals surface area contributed by atoms with Crippen molar-refractivity contribution in [3.05, 3.63) is 36.7 Å². The molecule has 0 spiro atoms. The average molecular weight is 189 g/mol. The van der Waals surface area contributed by atoms with Crippen molar-refractivity contribution in [2.75, 3.05) is 7.05 Å². The molecule has 0 saturated heterocycles. The van der Waals surface area contributed by atoms with Crippen LogP contribution in [0, 0.1) is 0 Å². The average Bonchev–Trinajstić information content (AvgIpc) is 2.68. The van der Waals surface area contributed by atoms with Gasteiger partial charge in [-0.05, 0) is 13.1 Å². The van der Waals surface area contributed by atoms with Crippen LogP contribution in [0.2, 0.25) is 0 Å². The first-order chi connectivity index (χ1) is 6.90. The Morgan fingerprint density at radius 1 is 1.29 bits per heavy atom. The van der Waals surface area contributed by atoms with Crippen LogP contribution in [-0.2, 0) is 6.54 Å². The van der Waals surface area contributed by atoms with Crippen LogP contribution in [0.5, 0.6) is 0 Å². The topological polar surface area (TPSA) is 55.6 Å². The summed E-state index contributed by atoms with van der Waals surface area (Å²) in [5.74, 6) is 0.641. The van der Waals surface area contributed by atoms with Crippen molar-refractivity contribution in [3.8, 4) is 5.95 Å². The van der Waals surface area contributed by atoms with Gasteiger partial charge in [-0.2, -0.15) is 0 Å². The molecule has 0 aliphatic carbocycles. The minimum Gasteiger partial charge on any atom is -0.314 e. The van der Waals surface area contributed by atoms with Crippen LogP contribution in [0.25, 0.3) is 5.95 Å². The summed E-state index contributed by atoms with van der Waals surface area (Å²) in [4.78, 5) is 12.4. The van der Waals surface area contributed by atoms with E-state index in [0.717, 1.165) is 12.2 Å². The lowest BCUT2D eigenvalue weighted by atomic mass is 10.5. The van der Waals surface area contributed by atoms with E-state index in [9.17, 15) is 0 Å². The van der Waals surface area contributed by atoms with Crippen molar-refractivity contribution in [1.29, 1.82) is 0 Å². The number of imidazole rings is 1. The second-order valence-corrected chi connectivity index (χ2v) is 2.85. The molecule has 0 aliphatic rings. The SMILES string of the molecule is CNCc1cn(-c2ncccn2)cn1. The van der Waals surface area contributed by atoms with Crippen LogP contribution in [0.1, 0.15) is 5.69 Å². The molecule has 2 heterocycles. The van der Waals surface area contributed by atoms with Crippen molar-refractivity contribution in [1.82, 2.24) is 24.8 Å². The lowest BCUT2D eigenvalue weighted by molar-refractivity contribution is 0.796. The standard InChI is InChI=1S/C9H11N5/c1-10-5-8-6-14(7-13-8)9-11-3-2-4-12-9/h2-4,6-7,10H,5H2,1H3. The summed E-state index contributed by atoms with van der Waals surface area (Å²) in [6, 6.07) is 1.79.